The number of nitrogens with one attached hydrogen (secondary N) is 1. The van der Waals surface area contributed by atoms with Crippen molar-refractivity contribution in [1.82, 2.24) is 15.0 Å². The first-order chi connectivity index (χ1) is 19.2. The molecule has 3 rings (SSSR count). The number of nitrogens with zero attached hydrogens (tertiary/aromatic N) is 4. The van der Waals surface area contributed by atoms with Gasteiger partial charge < -0.3 is 15.1 Å². The number of carbonyl (C=O) groups excluding carboxylic acids is 2. The lowest BCUT2D eigenvalue weighted by Crippen LogP contribution is -2.42. The second-order valence-electron chi connectivity index (χ2n) is 9.95. The van der Waals surface area contributed by atoms with Crippen LogP contribution in [0.4, 0.5) is 51.1 Å². The molecule has 8 nitrogen and oxygen atoms in total. The van der Waals surface area contributed by atoms with Gasteiger partial charge in [0.1, 0.15) is 17.5 Å². The van der Waals surface area contributed by atoms with Crippen LogP contribution in [-0.2, 0) is 22.0 Å². The van der Waals surface area contributed by atoms with Crippen molar-refractivity contribution in [3.8, 4) is 0 Å². The number of alkyl halides is 9. The first-order valence-corrected chi connectivity index (χ1v) is 12.4. The molecule has 0 saturated heterocycles. The number of hydrogen-bond acceptors (Lipinski definition) is 7. The number of halogens is 9. The number of anilines is 2. The molecule has 1 aromatic heterocycles. The van der Waals surface area contributed by atoms with Crippen LogP contribution in [0.3, 0.4) is 0 Å². The zero-order valence-electron chi connectivity index (χ0n) is 22.4. The van der Waals surface area contributed by atoms with Crippen molar-refractivity contribution >= 4 is 23.5 Å². The van der Waals surface area contributed by atoms with Crippen molar-refractivity contribution in [2.45, 2.75) is 57.2 Å². The Hall–Kier alpha value is -3.79. The van der Waals surface area contributed by atoms with E-state index in [0.29, 0.717) is 30.3 Å². The minimum Gasteiger partial charge on any atom is -0.367 e. The highest BCUT2D eigenvalue weighted by Crippen LogP contribution is 2.37. The molecule has 0 unspecified atom stereocenters. The lowest BCUT2D eigenvalue weighted by Gasteiger charge is -2.32. The zero-order valence-corrected chi connectivity index (χ0v) is 22.4. The zero-order chi connectivity index (χ0) is 31.6. The van der Waals surface area contributed by atoms with Crippen LogP contribution in [0, 0.1) is 12.8 Å². The van der Waals surface area contributed by atoms with Gasteiger partial charge in [-0.2, -0.15) is 44.6 Å². The molecule has 0 bridgehead atoms. The Labute approximate surface area is 233 Å². The van der Waals surface area contributed by atoms with E-state index in [9.17, 15) is 49.1 Å². The quantitative estimate of drug-likeness (QED) is 0.314. The topological polar surface area (TPSA) is 87.7 Å². The van der Waals surface area contributed by atoms with Crippen LogP contribution < -0.4 is 10.2 Å². The monoisotopic (exact) mass is 615 g/mol. The summed E-state index contributed by atoms with van der Waals surface area (Å²) in [5.41, 5.74) is -4.96. The number of hydroxylamine groups is 2. The normalized spacial score (nSPS) is 17.9. The van der Waals surface area contributed by atoms with Gasteiger partial charge >= 0.3 is 24.5 Å². The standard InChI is InChI=1S/C25H26F9N5O3/c1-13-35-19(11-20(36-13)38(2)3)37-18-6-4-14(5-7-18)12-39(42-22(41)25(32,33)34)21(40)15-8-16(23(26,27)28)10-17(9-15)24(29,30)31/h8-11,14,18H,4-7,12H2,1-3H3,(H,35,36,37). The highest BCUT2D eigenvalue weighted by Gasteiger charge is 2.44. The summed E-state index contributed by atoms with van der Waals surface area (Å²) >= 11 is 0. The summed E-state index contributed by atoms with van der Waals surface area (Å²) in [6, 6.07) is 1.43. The van der Waals surface area contributed by atoms with Gasteiger partial charge in [-0.1, -0.05) is 0 Å². The van der Waals surface area contributed by atoms with Crippen molar-refractivity contribution in [2.75, 3.05) is 30.9 Å². The van der Waals surface area contributed by atoms with Crippen LogP contribution in [0.2, 0.25) is 0 Å². The van der Waals surface area contributed by atoms with Crippen LogP contribution in [0.15, 0.2) is 24.3 Å². The van der Waals surface area contributed by atoms with Gasteiger partial charge in [0.15, 0.2) is 0 Å². The van der Waals surface area contributed by atoms with Gasteiger partial charge in [-0.05, 0) is 56.7 Å². The SMILES string of the molecule is Cc1nc(NC2CCC(CN(OC(=O)C(F)(F)F)C(=O)c3cc(C(F)(F)F)cc(C(F)(F)F)c3)CC2)cc(N(C)C)n1. The van der Waals surface area contributed by atoms with E-state index in [1.54, 1.807) is 32.0 Å². The molecule has 1 heterocycles. The van der Waals surface area contributed by atoms with Gasteiger partial charge in [0.25, 0.3) is 5.91 Å². The average Bonchev–Trinajstić information content (AvgIpc) is 2.86. The van der Waals surface area contributed by atoms with Crippen molar-refractivity contribution < 1.29 is 53.9 Å². The van der Waals surface area contributed by atoms with Crippen molar-refractivity contribution in [1.29, 1.82) is 0 Å². The molecule has 1 fully saturated rings. The highest BCUT2D eigenvalue weighted by atomic mass is 19.4. The molecule has 0 atom stereocenters. The van der Waals surface area contributed by atoms with Crippen LogP contribution in [0.1, 0.15) is 53.0 Å². The number of carbonyl (C=O) groups is 2. The van der Waals surface area contributed by atoms with Crippen LogP contribution in [-0.4, -0.2) is 59.8 Å². The molecule has 1 aliphatic carbocycles. The van der Waals surface area contributed by atoms with E-state index in [2.05, 4.69) is 20.1 Å². The summed E-state index contributed by atoms with van der Waals surface area (Å²) in [5, 5.41) is 3.10. The molecule has 0 aliphatic heterocycles. The molecule has 1 amide bonds. The molecule has 42 heavy (non-hydrogen) atoms. The predicted octanol–water partition coefficient (Wildman–Crippen LogP) is 6.02. The van der Waals surface area contributed by atoms with E-state index in [1.807, 2.05) is 0 Å². The Bertz CT molecular complexity index is 1260. The van der Waals surface area contributed by atoms with E-state index in [0.717, 1.165) is 0 Å². The third-order valence-corrected chi connectivity index (χ3v) is 6.39. The summed E-state index contributed by atoms with van der Waals surface area (Å²) in [5.74, 6) is -3.55. The number of amides is 1. The summed E-state index contributed by atoms with van der Waals surface area (Å²) in [6.07, 6.45) is -14.8. The van der Waals surface area contributed by atoms with Crippen LogP contribution in [0.25, 0.3) is 0 Å². The highest BCUT2D eigenvalue weighted by molar-refractivity contribution is 5.95. The fraction of sp³-hybridized carbons (Fsp3) is 0.520. The number of aryl methyl sites for hydroxylation is 1. The van der Waals surface area contributed by atoms with Gasteiger partial charge in [-0.3, -0.25) is 4.79 Å². The van der Waals surface area contributed by atoms with Gasteiger partial charge in [0, 0.05) is 31.8 Å². The molecular formula is C25H26F9N5O3. The molecule has 1 aromatic carbocycles. The van der Waals surface area contributed by atoms with Crippen LogP contribution >= 0.6 is 0 Å². The summed E-state index contributed by atoms with van der Waals surface area (Å²) in [6.45, 7) is 1.01. The third-order valence-electron chi connectivity index (χ3n) is 6.39. The number of aromatic nitrogens is 2. The largest absolute Gasteiger partial charge is 0.493 e. The predicted molar refractivity (Wildman–Crippen MR) is 130 cm³/mol. The number of hydrogen-bond donors (Lipinski definition) is 1. The third kappa shape index (κ3) is 8.61. The smallest absolute Gasteiger partial charge is 0.367 e. The Morgan fingerprint density at radius 2 is 1.43 bits per heavy atom. The van der Waals surface area contributed by atoms with Crippen LogP contribution in [0.5, 0.6) is 0 Å². The van der Waals surface area contributed by atoms with E-state index in [1.165, 1.54) is 0 Å². The Morgan fingerprint density at radius 1 is 0.881 bits per heavy atom. The van der Waals surface area contributed by atoms with Gasteiger partial charge in [0.05, 0.1) is 17.7 Å². The maximum absolute atomic E-state index is 13.3. The maximum Gasteiger partial charge on any atom is 0.493 e. The minimum absolute atomic E-state index is 0.0541. The Balaban J connectivity index is 1.81. The lowest BCUT2D eigenvalue weighted by atomic mass is 9.86. The van der Waals surface area contributed by atoms with E-state index in [-0.39, 0.29) is 42.1 Å². The molecule has 1 saturated carbocycles. The summed E-state index contributed by atoms with van der Waals surface area (Å²) in [7, 11) is 3.58. The fourth-order valence-electron chi connectivity index (χ4n) is 4.32. The lowest BCUT2D eigenvalue weighted by molar-refractivity contribution is -0.230. The molecule has 0 radical (unpaired) electrons. The second kappa shape index (κ2) is 12.2. The summed E-state index contributed by atoms with van der Waals surface area (Å²) in [4.78, 5) is 39.1. The Kier molecular flexibility index (Phi) is 9.51. The molecule has 1 N–H and O–H groups in total. The Morgan fingerprint density at radius 3 is 1.90 bits per heavy atom. The van der Waals surface area contributed by atoms with Crippen molar-refractivity contribution in [3.05, 3.63) is 46.8 Å². The second-order valence-corrected chi connectivity index (χ2v) is 9.95. The maximum atomic E-state index is 13.3. The summed E-state index contributed by atoms with van der Waals surface area (Å²) < 4.78 is 118. The molecule has 2 aromatic rings. The van der Waals surface area contributed by atoms with Gasteiger partial charge in [-0.25, -0.2) is 14.8 Å². The molecular weight excluding hydrogens is 589 g/mol. The van der Waals surface area contributed by atoms with E-state index >= 15 is 0 Å². The average molecular weight is 615 g/mol. The van der Waals surface area contributed by atoms with E-state index < -0.39 is 59.6 Å². The van der Waals surface area contributed by atoms with Gasteiger partial charge in [-0.15, -0.1) is 0 Å². The molecule has 17 heteroatoms. The first-order valence-electron chi connectivity index (χ1n) is 12.4. The number of benzene rings is 1. The molecule has 1 aliphatic rings. The van der Waals surface area contributed by atoms with Crippen molar-refractivity contribution in [3.63, 3.8) is 0 Å². The van der Waals surface area contributed by atoms with Crippen molar-refractivity contribution in [2.24, 2.45) is 5.92 Å². The van der Waals surface area contributed by atoms with E-state index in [4.69, 9.17) is 0 Å². The molecule has 232 valence electrons. The molecule has 0 spiro atoms. The van der Waals surface area contributed by atoms with Gasteiger partial charge in [0.2, 0.25) is 0 Å². The number of rotatable bonds is 6. The first kappa shape index (κ1) is 32.7. The minimum atomic E-state index is -5.59. The fourth-order valence-corrected chi connectivity index (χ4v) is 4.32.